The van der Waals surface area contributed by atoms with Crippen LogP contribution in [0, 0.1) is 12.8 Å². The number of aliphatic hydroxyl groups excluding tert-OH is 1. The number of likely N-dealkylation sites (tertiary alicyclic amines) is 1. The van der Waals surface area contributed by atoms with Crippen molar-refractivity contribution >= 4 is 29.1 Å². The van der Waals surface area contributed by atoms with E-state index in [0.717, 1.165) is 22.7 Å². The summed E-state index contributed by atoms with van der Waals surface area (Å²) in [5.41, 5.74) is 2.30. The summed E-state index contributed by atoms with van der Waals surface area (Å²) in [4.78, 5) is 52.7. The van der Waals surface area contributed by atoms with Crippen molar-refractivity contribution in [2.45, 2.75) is 77.7 Å². The number of carbonyl (C=O) groups is 3. The van der Waals surface area contributed by atoms with Crippen LogP contribution >= 0.6 is 11.3 Å². The molecule has 10 nitrogen and oxygen atoms in total. The smallest absolute Gasteiger partial charge is 0.410 e. The number of aryl methyl sites for hydroxylation is 1. The number of amides is 2. The molecule has 5 rings (SSSR count). The lowest BCUT2D eigenvalue weighted by Crippen LogP contribution is -2.48. The fourth-order valence-electron chi connectivity index (χ4n) is 5.97. The molecule has 2 aromatic heterocycles. The summed E-state index contributed by atoms with van der Waals surface area (Å²) >= 11 is 1.48. The standard InChI is InChI=1S/C36H42N4O6S/c1-23-22-47-31(38-23)21-39(5)34(43)28-18-25(17-27(19-28)33-37-13-15-45-33)30(41)20-26(16-24-10-7-6-8-11-24)32(42)29-12-9-14-40(29)35(44)46-36(2,3)4/h6-8,10-11,13,15,17-19,22,26,29,32,42H,9,12,14,16,20-21H2,1-5H3/t26-,29-,32+/m1/s1. The molecule has 0 saturated carbocycles. The van der Waals surface area contributed by atoms with Crippen LogP contribution in [-0.2, 0) is 17.7 Å². The van der Waals surface area contributed by atoms with Gasteiger partial charge in [0.1, 0.15) is 16.9 Å². The number of benzene rings is 2. The van der Waals surface area contributed by atoms with E-state index in [1.165, 1.54) is 23.8 Å². The summed E-state index contributed by atoms with van der Waals surface area (Å²) in [6.07, 6.45) is 3.23. The SMILES string of the molecule is Cc1csc(CN(C)C(=O)c2cc(C(=O)C[C@@H](Cc3ccccc3)[C@H](O)[C@H]3CCCN3C(=O)OC(C)(C)C)cc(-c3ncco3)c2)n1. The Labute approximate surface area is 279 Å². The third kappa shape index (κ3) is 8.72. The molecule has 0 aliphatic carbocycles. The average Bonchev–Trinajstić information content (AvgIpc) is 3.82. The van der Waals surface area contributed by atoms with Gasteiger partial charge in [-0.3, -0.25) is 9.59 Å². The minimum atomic E-state index is -0.988. The summed E-state index contributed by atoms with van der Waals surface area (Å²) in [7, 11) is 1.70. The zero-order valence-corrected chi connectivity index (χ0v) is 28.3. The highest BCUT2D eigenvalue weighted by molar-refractivity contribution is 7.09. The number of nitrogens with zero attached hydrogens (tertiary/aromatic N) is 4. The number of ketones is 1. The van der Waals surface area contributed by atoms with Gasteiger partial charge in [0.05, 0.1) is 24.9 Å². The second-order valence-corrected chi connectivity index (χ2v) is 14.1. The number of carbonyl (C=O) groups excluding carboxylic acids is 3. The van der Waals surface area contributed by atoms with Crippen LogP contribution in [0.15, 0.2) is 70.8 Å². The number of aromatic nitrogens is 2. The minimum absolute atomic E-state index is 0.00832. The first-order chi connectivity index (χ1) is 22.4. The molecule has 0 radical (unpaired) electrons. The monoisotopic (exact) mass is 658 g/mol. The Bertz CT molecular complexity index is 1680. The van der Waals surface area contributed by atoms with E-state index in [1.54, 1.807) is 35.0 Å². The first kappa shape index (κ1) is 34.0. The van der Waals surface area contributed by atoms with Gasteiger partial charge in [0.15, 0.2) is 5.78 Å². The largest absolute Gasteiger partial charge is 0.445 e. The van der Waals surface area contributed by atoms with Gasteiger partial charge in [0, 0.05) is 47.8 Å². The molecule has 2 aromatic carbocycles. The van der Waals surface area contributed by atoms with Crippen LogP contribution < -0.4 is 0 Å². The van der Waals surface area contributed by atoms with Crippen molar-refractivity contribution in [3.05, 3.63) is 93.8 Å². The molecule has 1 aliphatic rings. The molecule has 2 amide bonds. The molecule has 1 fully saturated rings. The molecule has 3 atom stereocenters. The van der Waals surface area contributed by atoms with Crippen molar-refractivity contribution < 1.29 is 28.6 Å². The lowest BCUT2D eigenvalue weighted by atomic mass is 9.84. The summed E-state index contributed by atoms with van der Waals surface area (Å²) in [6.45, 7) is 8.14. The van der Waals surface area contributed by atoms with Gasteiger partial charge in [0.2, 0.25) is 5.89 Å². The Hall–Kier alpha value is -4.35. The van der Waals surface area contributed by atoms with Crippen molar-refractivity contribution in [1.82, 2.24) is 19.8 Å². The van der Waals surface area contributed by atoms with Crippen molar-refractivity contribution in [3.63, 3.8) is 0 Å². The molecular formula is C36H42N4O6S. The van der Waals surface area contributed by atoms with Gasteiger partial charge in [-0.05, 0) is 76.6 Å². The van der Waals surface area contributed by atoms with E-state index in [-0.39, 0.29) is 24.0 Å². The van der Waals surface area contributed by atoms with Crippen LogP contribution in [0.25, 0.3) is 11.5 Å². The van der Waals surface area contributed by atoms with E-state index < -0.39 is 29.8 Å². The van der Waals surface area contributed by atoms with Crippen molar-refractivity contribution in [3.8, 4) is 11.5 Å². The molecule has 0 bridgehead atoms. The van der Waals surface area contributed by atoms with Crippen LogP contribution in [0.2, 0.25) is 0 Å². The molecule has 3 heterocycles. The molecule has 0 spiro atoms. The molecule has 11 heteroatoms. The second-order valence-electron chi connectivity index (χ2n) is 13.1. The second kappa shape index (κ2) is 14.6. The maximum absolute atomic E-state index is 14.1. The van der Waals surface area contributed by atoms with Crippen LogP contribution in [0.3, 0.4) is 0 Å². The van der Waals surface area contributed by atoms with Gasteiger partial charge >= 0.3 is 6.09 Å². The summed E-state index contributed by atoms with van der Waals surface area (Å²) in [5.74, 6) is -0.752. The predicted molar refractivity (Wildman–Crippen MR) is 179 cm³/mol. The first-order valence-corrected chi connectivity index (χ1v) is 16.7. The Morgan fingerprint density at radius 1 is 1.15 bits per heavy atom. The number of hydrogen-bond donors (Lipinski definition) is 1. The van der Waals surface area contributed by atoms with Gasteiger partial charge in [-0.1, -0.05) is 30.3 Å². The van der Waals surface area contributed by atoms with E-state index in [4.69, 9.17) is 9.15 Å². The zero-order valence-electron chi connectivity index (χ0n) is 27.5. The topological polar surface area (TPSA) is 126 Å². The molecule has 1 saturated heterocycles. The third-order valence-electron chi connectivity index (χ3n) is 8.16. The number of hydrogen-bond acceptors (Lipinski definition) is 9. The molecule has 47 heavy (non-hydrogen) atoms. The number of ether oxygens (including phenoxy) is 1. The molecule has 248 valence electrons. The van der Waals surface area contributed by atoms with Gasteiger partial charge < -0.3 is 24.1 Å². The lowest BCUT2D eigenvalue weighted by molar-refractivity contribution is -0.00804. The maximum atomic E-state index is 14.1. The molecule has 0 unspecified atom stereocenters. The van der Waals surface area contributed by atoms with Crippen molar-refractivity contribution in [2.75, 3.05) is 13.6 Å². The molecule has 1 aliphatic heterocycles. The number of Topliss-reactive ketones (excluding diaryl/α,β-unsaturated/α-hetero) is 1. The number of oxazole rings is 1. The lowest BCUT2D eigenvalue weighted by Gasteiger charge is -2.34. The third-order valence-corrected chi connectivity index (χ3v) is 9.11. The van der Waals surface area contributed by atoms with Gasteiger partial charge in [-0.25, -0.2) is 14.8 Å². The van der Waals surface area contributed by atoms with E-state index in [0.29, 0.717) is 42.6 Å². The van der Waals surface area contributed by atoms with Crippen molar-refractivity contribution in [2.24, 2.45) is 5.92 Å². The van der Waals surface area contributed by atoms with E-state index in [9.17, 15) is 19.5 Å². The van der Waals surface area contributed by atoms with Gasteiger partial charge in [-0.2, -0.15) is 0 Å². The number of aliphatic hydroxyl groups is 1. The Morgan fingerprint density at radius 3 is 2.55 bits per heavy atom. The first-order valence-electron chi connectivity index (χ1n) is 15.8. The maximum Gasteiger partial charge on any atom is 0.410 e. The van der Waals surface area contributed by atoms with Crippen LogP contribution in [-0.4, -0.2) is 74.0 Å². The summed E-state index contributed by atoms with van der Waals surface area (Å²) in [5, 5.41) is 14.6. The summed E-state index contributed by atoms with van der Waals surface area (Å²) in [6, 6.07) is 14.1. The van der Waals surface area contributed by atoms with E-state index >= 15 is 0 Å². The minimum Gasteiger partial charge on any atom is -0.445 e. The molecular weight excluding hydrogens is 616 g/mol. The van der Waals surface area contributed by atoms with Crippen LogP contribution in [0.5, 0.6) is 0 Å². The van der Waals surface area contributed by atoms with E-state index in [1.807, 2.05) is 63.4 Å². The van der Waals surface area contributed by atoms with Gasteiger partial charge in [-0.15, -0.1) is 11.3 Å². The normalized spacial score (nSPS) is 16.1. The fraction of sp³-hybridized carbons (Fsp3) is 0.417. The Balaban J connectivity index is 1.43. The fourth-order valence-corrected chi connectivity index (χ4v) is 6.79. The quantitative estimate of drug-likeness (QED) is 0.179. The summed E-state index contributed by atoms with van der Waals surface area (Å²) < 4.78 is 11.2. The predicted octanol–water partition coefficient (Wildman–Crippen LogP) is 6.57. The number of thiazole rings is 1. The zero-order chi connectivity index (χ0) is 33.7. The highest BCUT2D eigenvalue weighted by Crippen LogP contribution is 2.31. The Kier molecular flexibility index (Phi) is 10.6. The highest BCUT2D eigenvalue weighted by atomic mass is 32.1. The van der Waals surface area contributed by atoms with Crippen LogP contribution in [0.1, 0.15) is 77.0 Å². The Morgan fingerprint density at radius 2 is 1.89 bits per heavy atom. The van der Waals surface area contributed by atoms with E-state index in [2.05, 4.69) is 9.97 Å². The average molecular weight is 659 g/mol. The number of rotatable bonds is 11. The van der Waals surface area contributed by atoms with Crippen molar-refractivity contribution in [1.29, 1.82) is 0 Å². The van der Waals surface area contributed by atoms with Gasteiger partial charge in [0.25, 0.3) is 5.91 Å². The highest BCUT2D eigenvalue weighted by Gasteiger charge is 2.40. The molecule has 4 aromatic rings. The molecule has 1 N–H and O–H groups in total. The van der Waals surface area contributed by atoms with Crippen LogP contribution in [0.4, 0.5) is 4.79 Å².